The van der Waals surface area contributed by atoms with E-state index < -0.39 is 0 Å². The van der Waals surface area contributed by atoms with Gasteiger partial charge < -0.3 is 24.4 Å². The molecule has 1 saturated carbocycles. The summed E-state index contributed by atoms with van der Waals surface area (Å²) in [5.41, 5.74) is 2.20. The summed E-state index contributed by atoms with van der Waals surface area (Å²) >= 11 is 6.57. The van der Waals surface area contributed by atoms with Crippen molar-refractivity contribution in [1.82, 2.24) is 19.8 Å². The van der Waals surface area contributed by atoms with E-state index in [4.69, 9.17) is 25.8 Å². The Hall–Kier alpha value is -3.66. The van der Waals surface area contributed by atoms with Gasteiger partial charge in [0, 0.05) is 50.5 Å². The number of benzene rings is 3. The number of hydrogen-bond donors (Lipinski definition) is 1. The Morgan fingerprint density at radius 3 is 2.58 bits per heavy atom. The van der Waals surface area contributed by atoms with Gasteiger partial charge >= 0.3 is 0 Å². The number of likely N-dealkylation sites (N-methyl/N-ethyl adjacent to an activating group) is 1. The summed E-state index contributed by atoms with van der Waals surface area (Å²) in [6, 6.07) is 15.7. The summed E-state index contributed by atoms with van der Waals surface area (Å²) in [6.07, 6.45) is 6.07. The molecule has 0 unspecified atom stereocenters. The number of nitrogens with zero attached hydrogens (tertiary/aromatic N) is 4. The summed E-state index contributed by atoms with van der Waals surface area (Å²) in [5, 5.41) is 4.62. The van der Waals surface area contributed by atoms with Crippen molar-refractivity contribution in [2.45, 2.75) is 38.4 Å². The highest BCUT2D eigenvalue weighted by Gasteiger charge is 2.21. The lowest BCUT2D eigenvalue weighted by Gasteiger charge is -2.32. The molecule has 1 saturated heterocycles. The predicted octanol–water partition coefficient (Wildman–Crippen LogP) is 6.69. The van der Waals surface area contributed by atoms with Crippen molar-refractivity contribution in [3.63, 3.8) is 0 Å². The van der Waals surface area contributed by atoms with Crippen LogP contribution in [0.25, 0.3) is 10.9 Å². The molecule has 6 rings (SSSR count). The smallest absolute Gasteiger partial charge is 0.145 e. The Morgan fingerprint density at radius 2 is 1.79 bits per heavy atom. The van der Waals surface area contributed by atoms with E-state index in [1.54, 1.807) is 18.2 Å². The van der Waals surface area contributed by atoms with Crippen LogP contribution in [0.15, 0.2) is 60.9 Å². The maximum atomic E-state index is 13.5. The molecule has 2 heterocycles. The number of piperazine rings is 1. The highest BCUT2D eigenvalue weighted by molar-refractivity contribution is 6.32. The first-order valence-electron chi connectivity index (χ1n) is 14.9. The summed E-state index contributed by atoms with van der Waals surface area (Å²) < 4.78 is 32.1. The molecule has 226 valence electrons. The van der Waals surface area contributed by atoms with Crippen LogP contribution in [0.5, 0.6) is 17.2 Å². The van der Waals surface area contributed by atoms with Gasteiger partial charge in [0.15, 0.2) is 0 Å². The molecular formula is C33H37ClFN5O3. The normalized spacial score (nSPS) is 16.4. The third-order valence-corrected chi connectivity index (χ3v) is 8.32. The zero-order valence-electron chi connectivity index (χ0n) is 24.4. The molecule has 1 aromatic heterocycles. The topological polar surface area (TPSA) is 72.0 Å². The molecule has 1 N–H and O–H groups in total. The fraction of sp³-hybridized carbons (Fsp3) is 0.394. The van der Waals surface area contributed by atoms with Crippen molar-refractivity contribution in [3.05, 3.63) is 77.3 Å². The van der Waals surface area contributed by atoms with Gasteiger partial charge in [-0.15, -0.1) is 0 Å². The summed E-state index contributed by atoms with van der Waals surface area (Å²) in [7, 11) is 2.16. The summed E-state index contributed by atoms with van der Waals surface area (Å²) in [4.78, 5) is 13.9. The molecule has 0 radical (unpaired) electrons. The van der Waals surface area contributed by atoms with Crippen LogP contribution in [0.2, 0.25) is 5.02 Å². The van der Waals surface area contributed by atoms with Gasteiger partial charge in [0.1, 0.15) is 48.4 Å². The first kappa shape index (κ1) is 29.4. The van der Waals surface area contributed by atoms with Crippen molar-refractivity contribution in [2.75, 3.05) is 51.7 Å². The maximum Gasteiger partial charge on any atom is 0.145 e. The minimum absolute atomic E-state index is 0.154. The first-order valence-corrected chi connectivity index (χ1v) is 15.3. The summed E-state index contributed by atoms with van der Waals surface area (Å²) in [5.74, 6) is 2.27. The second-order valence-electron chi connectivity index (χ2n) is 11.2. The molecule has 3 aromatic carbocycles. The number of rotatable bonds is 11. The molecule has 0 bridgehead atoms. The molecule has 0 spiro atoms. The number of anilines is 2. The van der Waals surface area contributed by atoms with Crippen molar-refractivity contribution < 1.29 is 18.6 Å². The Morgan fingerprint density at radius 1 is 0.953 bits per heavy atom. The zero-order valence-corrected chi connectivity index (χ0v) is 25.2. The van der Waals surface area contributed by atoms with Gasteiger partial charge in [0.2, 0.25) is 0 Å². The van der Waals surface area contributed by atoms with Gasteiger partial charge in [-0.1, -0.05) is 23.7 Å². The predicted molar refractivity (Wildman–Crippen MR) is 167 cm³/mol. The van der Waals surface area contributed by atoms with Crippen LogP contribution in [0.3, 0.4) is 0 Å². The van der Waals surface area contributed by atoms with Crippen LogP contribution >= 0.6 is 11.6 Å². The molecule has 1 aliphatic carbocycles. The third-order valence-electron chi connectivity index (χ3n) is 8.02. The number of nitrogens with one attached hydrogen (secondary N) is 1. The molecule has 43 heavy (non-hydrogen) atoms. The van der Waals surface area contributed by atoms with E-state index in [0.29, 0.717) is 28.9 Å². The van der Waals surface area contributed by atoms with E-state index in [-0.39, 0.29) is 18.5 Å². The van der Waals surface area contributed by atoms with E-state index in [0.717, 1.165) is 86.3 Å². The molecule has 1 aliphatic heterocycles. The van der Waals surface area contributed by atoms with Gasteiger partial charge in [-0.05, 0) is 68.6 Å². The lowest BCUT2D eigenvalue weighted by molar-refractivity contribution is 0.133. The van der Waals surface area contributed by atoms with Gasteiger partial charge in [-0.2, -0.15) is 0 Å². The minimum atomic E-state index is -0.301. The molecule has 10 heteroatoms. The lowest BCUT2D eigenvalue weighted by atomic mass is 10.2. The lowest BCUT2D eigenvalue weighted by Crippen LogP contribution is -2.45. The van der Waals surface area contributed by atoms with Crippen molar-refractivity contribution in [3.8, 4) is 17.2 Å². The molecule has 2 aliphatic rings. The molecule has 0 amide bonds. The third kappa shape index (κ3) is 7.65. The Kier molecular flexibility index (Phi) is 9.41. The van der Waals surface area contributed by atoms with Crippen LogP contribution in [0.1, 0.15) is 31.2 Å². The number of halogens is 2. The highest BCUT2D eigenvalue weighted by atomic mass is 35.5. The van der Waals surface area contributed by atoms with Crippen LogP contribution in [0, 0.1) is 5.82 Å². The van der Waals surface area contributed by atoms with E-state index in [1.807, 2.05) is 24.3 Å². The van der Waals surface area contributed by atoms with Crippen molar-refractivity contribution in [2.24, 2.45) is 0 Å². The van der Waals surface area contributed by atoms with E-state index >= 15 is 0 Å². The number of aromatic nitrogens is 2. The van der Waals surface area contributed by atoms with Gasteiger partial charge in [-0.25, -0.2) is 14.4 Å². The van der Waals surface area contributed by atoms with Crippen LogP contribution in [0.4, 0.5) is 15.9 Å². The minimum Gasteiger partial charge on any atom is -0.492 e. The maximum absolute atomic E-state index is 13.5. The first-order chi connectivity index (χ1) is 21.0. The number of hydrogen-bond acceptors (Lipinski definition) is 8. The van der Waals surface area contributed by atoms with Gasteiger partial charge in [0.25, 0.3) is 0 Å². The average Bonchev–Trinajstić information content (AvgIpc) is 3.51. The second kappa shape index (κ2) is 13.8. The van der Waals surface area contributed by atoms with Crippen molar-refractivity contribution >= 4 is 34.0 Å². The molecule has 4 aromatic rings. The van der Waals surface area contributed by atoms with E-state index in [2.05, 4.69) is 32.1 Å². The molecule has 0 atom stereocenters. The van der Waals surface area contributed by atoms with Crippen molar-refractivity contribution in [1.29, 1.82) is 0 Å². The fourth-order valence-corrected chi connectivity index (χ4v) is 5.81. The van der Waals surface area contributed by atoms with E-state index in [1.165, 1.54) is 18.5 Å². The fourth-order valence-electron chi connectivity index (χ4n) is 5.57. The largest absolute Gasteiger partial charge is 0.492 e. The number of fused-ring (bicyclic) bond motifs is 1. The average molecular weight is 606 g/mol. The second-order valence-corrected chi connectivity index (χ2v) is 11.7. The molecular weight excluding hydrogens is 569 g/mol. The number of ether oxygens (including phenoxy) is 3. The van der Waals surface area contributed by atoms with Gasteiger partial charge in [0.05, 0.1) is 22.0 Å². The highest BCUT2D eigenvalue weighted by Crippen LogP contribution is 2.38. The Bertz CT molecular complexity index is 1540. The van der Waals surface area contributed by atoms with Gasteiger partial charge in [-0.3, -0.25) is 4.90 Å². The van der Waals surface area contributed by atoms with Crippen LogP contribution in [-0.2, 0) is 6.61 Å². The Labute approximate surface area is 256 Å². The molecule has 2 fully saturated rings. The summed E-state index contributed by atoms with van der Waals surface area (Å²) in [6.45, 7) is 5.96. The zero-order chi connectivity index (χ0) is 29.6. The Balaban J connectivity index is 1.20. The standard InChI is InChI=1S/C33H37ClFN5O3/c1-39-11-13-40(14-12-39)15-16-41-27-19-29-32(31(20-27)43-26-7-2-3-8-26)33(37-22-36-29)38-25-9-10-30(28(34)18-25)42-21-23-5-4-6-24(35)17-23/h4-6,9-10,17-20,22,26H,2-3,7-8,11-16,21H2,1H3,(H,36,37,38). The van der Waals surface area contributed by atoms with Crippen LogP contribution in [-0.4, -0.2) is 72.3 Å². The quantitative estimate of drug-likeness (QED) is 0.203. The SMILES string of the molecule is CN1CCN(CCOc2cc(OC3CCCC3)c3c(Nc4ccc(OCc5cccc(F)c5)c(Cl)c4)ncnc3c2)CC1. The van der Waals surface area contributed by atoms with Crippen LogP contribution < -0.4 is 19.5 Å². The molecule has 8 nitrogen and oxygen atoms in total. The monoisotopic (exact) mass is 605 g/mol. The van der Waals surface area contributed by atoms with E-state index in [9.17, 15) is 4.39 Å².